The second-order valence-corrected chi connectivity index (χ2v) is 7.39. The van der Waals surface area contributed by atoms with E-state index in [1.54, 1.807) is 24.0 Å². The second kappa shape index (κ2) is 9.44. The van der Waals surface area contributed by atoms with Crippen molar-refractivity contribution in [2.75, 3.05) is 38.0 Å². The van der Waals surface area contributed by atoms with E-state index < -0.39 is 0 Å². The molecular formula is C23H24N4O4. The molecule has 0 radical (unpaired) electrons. The third kappa shape index (κ3) is 5.49. The number of carbonyl (C=O) groups excluding carboxylic acids is 2. The summed E-state index contributed by atoms with van der Waals surface area (Å²) in [6.07, 6.45) is 0. The largest absolute Gasteiger partial charge is 0.457 e. The van der Waals surface area contributed by atoms with Crippen LogP contribution in [-0.4, -0.2) is 59.5 Å². The van der Waals surface area contributed by atoms with Crippen LogP contribution >= 0.6 is 0 Å². The number of piperazine rings is 1. The first-order valence-electron chi connectivity index (χ1n) is 10.1. The molecular weight excluding hydrogens is 396 g/mol. The molecule has 1 saturated heterocycles. The third-order valence-corrected chi connectivity index (χ3v) is 4.96. The highest BCUT2D eigenvalue weighted by Gasteiger charge is 2.25. The molecule has 0 unspecified atom stereocenters. The molecule has 4 rings (SSSR count). The van der Waals surface area contributed by atoms with Gasteiger partial charge in [0.2, 0.25) is 11.7 Å². The number of aromatic nitrogens is 1. The molecule has 160 valence electrons. The average molecular weight is 420 g/mol. The van der Waals surface area contributed by atoms with Gasteiger partial charge in [-0.15, -0.1) is 0 Å². The fourth-order valence-corrected chi connectivity index (χ4v) is 3.39. The first-order chi connectivity index (χ1) is 15.1. The topological polar surface area (TPSA) is 87.9 Å². The highest BCUT2D eigenvalue weighted by Crippen LogP contribution is 2.23. The smallest absolute Gasteiger partial charge is 0.292 e. The molecule has 0 bridgehead atoms. The van der Waals surface area contributed by atoms with Crippen molar-refractivity contribution in [2.45, 2.75) is 6.92 Å². The summed E-state index contributed by atoms with van der Waals surface area (Å²) in [7, 11) is 0. The van der Waals surface area contributed by atoms with Crippen LogP contribution in [0.25, 0.3) is 0 Å². The Labute approximate surface area is 180 Å². The number of anilines is 1. The quantitative estimate of drug-likeness (QED) is 0.659. The van der Waals surface area contributed by atoms with Crippen LogP contribution in [0.3, 0.4) is 0 Å². The van der Waals surface area contributed by atoms with E-state index >= 15 is 0 Å². The number of hydrogen-bond donors (Lipinski definition) is 1. The van der Waals surface area contributed by atoms with Gasteiger partial charge in [-0.3, -0.25) is 14.5 Å². The fraction of sp³-hybridized carbons (Fsp3) is 0.261. The van der Waals surface area contributed by atoms with Gasteiger partial charge in [0.15, 0.2) is 0 Å². The number of nitrogens with zero attached hydrogens (tertiary/aromatic N) is 3. The lowest BCUT2D eigenvalue weighted by atomic mass is 10.2. The van der Waals surface area contributed by atoms with Gasteiger partial charge in [0.25, 0.3) is 5.91 Å². The van der Waals surface area contributed by atoms with E-state index in [2.05, 4.69) is 10.5 Å². The molecule has 8 heteroatoms. The number of hydrogen-bond acceptors (Lipinski definition) is 6. The minimum atomic E-state index is -0.167. The van der Waals surface area contributed by atoms with Crippen LogP contribution in [0.15, 0.2) is 65.2 Å². The number of carbonyl (C=O) groups is 2. The summed E-state index contributed by atoms with van der Waals surface area (Å²) in [5.41, 5.74) is 1.35. The van der Waals surface area contributed by atoms with Gasteiger partial charge in [-0.05, 0) is 31.2 Å². The van der Waals surface area contributed by atoms with E-state index in [1.165, 1.54) is 0 Å². The molecule has 1 aliphatic rings. The minimum Gasteiger partial charge on any atom is -0.457 e. The number of benzene rings is 2. The highest BCUT2D eigenvalue weighted by atomic mass is 16.5. The zero-order valence-corrected chi connectivity index (χ0v) is 17.3. The minimum absolute atomic E-state index is 0.109. The summed E-state index contributed by atoms with van der Waals surface area (Å²) in [4.78, 5) is 28.7. The summed E-state index contributed by atoms with van der Waals surface area (Å²) in [6.45, 7) is 4.33. The van der Waals surface area contributed by atoms with Crippen molar-refractivity contribution in [2.24, 2.45) is 0 Å². The van der Waals surface area contributed by atoms with Crippen molar-refractivity contribution in [1.29, 1.82) is 0 Å². The molecule has 1 aliphatic heterocycles. The predicted octanol–water partition coefficient (Wildman–Crippen LogP) is 3.17. The number of nitrogens with one attached hydrogen (secondary N) is 1. The Morgan fingerprint density at radius 3 is 2.45 bits per heavy atom. The van der Waals surface area contributed by atoms with E-state index in [-0.39, 0.29) is 24.1 Å². The van der Waals surface area contributed by atoms with E-state index in [0.717, 1.165) is 5.75 Å². The Kier molecular flexibility index (Phi) is 6.28. The Hall–Kier alpha value is -3.65. The fourth-order valence-electron chi connectivity index (χ4n) is 3.39. The summed E-state index contributed by atoms with van der Waals surface area (Å²) in [6, 6.07) is 18.4. The molecule has 0 atom stereocenters. The lowest BCUT2D eigenvalue weighted by molar-refractivity contribution is -0.117. The van der Waals surface area contributed by atoms with Gasteiger partial charge < -0.3 is 19.5 Å². The molecule has 0 saturated carbocycles. The Balaban J connectivity index is 1.26. The van der Waals surface area contributed by atoms with E-state index in [0.29, 0.717) is 43.3 Å². The van der Waals surface area contributed by atoms with Crippen LogP contribution in [-0.2, 0) is 4.79 Å². The molecule has 1 fully saturated rings. The van der Waals surface area contributed by atoms with Crippen LogP contribution in [0.2, 0.25) is 0 Å². The molecule has 2 heterocycles. The highest BCUT2D eigenvalue weighted by molar-refractivity contribution is 5.93. The van der Waals surface area contributed by atoms with Crippen molar-refractivity contribution in [3.8, 4) is 11.5 Å². The Morgan fingerprint density at radius 1 is 1.00 bits per heavy atom. The van der Waals surface area contributed by atoms with Crippen LogP contribution < -0.4 is 10.1 Å². The lowest BCUT2D eigenvalue weighted by Gasteiger charge is -2.33. The SMILES string of the molecule is Cc1cc(C(=O)N2CCN(CC(=O)Nc3cccc(Oc4ccccc4)c3)CC2)on1. The zero-order valence-electron chi connectivity index (χ0n) is 17.3. The Bertz CT molecular complexity index is 1040. The predicted molar refractivity (Wildman–Crippen MR) is 115 cm³/mol. The molecule has 3 aromatic rings. The second-order valence-electron chi connectivity index (χ2n) is 7.39. The van der Waals surface area contributed by atoms with Crippen LogP contribution in [0.1, 0.15) is 16.2 Å². The number of para-hydroxylation sites is 1. The van der Waals surface area contributed by atoms with Gasteiger partial charge >= 0.3 is 0 Å². The monoisotopic (exact) mass is 420 g/mol. The van der Waals surface area contributed by atoms with Crippen LogP contribution in [0, 0.1) is 6.92 Å². The van der Waals surface area contributed by atoms with E-state index in [4.69, 9.17) is 9.26 Å². The van der Waals surface area contributed by atoms with Gasteiger partial charge in [-0.25, -0.2) is 0 Å². The van der Waals surface area contributed by atoms with E-state index in [1.807, 2.05) is 53.4 Å². The standard InChI is InChI=1S/C23H24N4O4/c1-17-14-21(31-25-17)23(29)27-12-10-26(11-13-27)16-22(28)24-18-6-5-9-20(15-18)30-19-7-3-2-4-8-19/h2-9,14-15H,10-13,16H2,1H3,(H,24,28). The number of aryl methyl sites for hydroxylation is 1. The molecule has 0 aliphatic carbocycles. The molecule has 0 spiro atoms. The molecule has 1 N–H and O–H groups in total. The summed E-state index contributed by atoms with van der Waals surface area (Å²) < 4.78 is 10.9. The van der Waals surface area contributed by atoms with Crippen LogP contribution in [0.4, 0.5) is 5.69 Å². The van der Waals surface area contributed by atoms with Crippen molar-refractivity contribution >= 4 is 17.5 Å². The number of amides is 2. The number of rotatable bonds is 6. The lowest BCUT2D eigenvalue weighted by Crippen LogP contribution is -2.50. The van der Waals surface area contributed by atoms with Crippen LogP contribution in [0.5, 0.6) is 11.5 Å². The third-order valence-electron chi connectivity index (χ3n) is 4.96. The summed E-state index contributed by atoms with van der Waals surface area (Å²) in [5, 5.41) is 6.68. The number of ether oxygens (including phenoxy) is 1. The normalized spacial score (nSPS) is 14.3. The van der Waals surface area contributed by atoms with Gasteiger partial charge in [0.05, 0.1) is 12.2 Å². The maximum Gasteiger partial charge on any atom is 0.292 e. The van der Waals surface area contributed by atoms with Crippen molar-refractivity contribution in [1.82, 2.24) is 15.0 Å². The average Bonchev–Trinajstić information content (AvgIpc) is 3.21. The summed E-state index contributed by atoms with van der Waals surface area (Å²) in [5.74, 6) is 1.36. The van der Waals surface area contributed by atoms with Gasteiger partial charge in [-0.2, -0.15) is 0 Å². The molecule has 2 aromatic carbocycles. The maximum atomic E-state index is 12.5. The zero-order chi connectivity index (χ0) is 21.6. The first-order valence-corrected chi connectivity index (χ1v) is 10.1. The molecule has 8 nitrogen and oxygen atoms in total. The first kappa shape index (κ1) is 20.6. The molecule has 31 heavy (non-hydrogen) atoms. The van der Waals surface area contributed by atoms with E-state index in [9.17, 15) is 9.59 Å². The van der Waals surface area contributed by atoms with Crippen molar-refractivity contribution in [3.63, 3.8) is 0 Å². The van der Waals surface area contributed by atoms with Gasteiger partial charge in [-0.1, -0.05) is 29.4 Å². The molecule has 1 aromatic heterocycles. The van der Waals surface area contributed by atoms with Crippen molar-refractivity contribution < 1.29 is 18.8 Å². The molecule has 2 amide bonds. The maximum absolute atomic E-state index is 12.5. The van der Waals surface area contributed by atoms with Crippen molar-refractivity contribution in [3.05, 3.63) is 72.1 Å². The van der Waals surface area contributed by atoms with Gasteiger partial charge in [0.1, 0.15) is 11.5 Å². The summed E-state index contributed by atoms with van der Waals surface area (Å²) >= 11 is 0. The Morgan fingerprint density at radius 2 is 1.74 bits per heavy atom. The van der Waals surface area contributed by atoms with Gasteiger partial charge in [0, 0.05) is 44.0 Å².